The van der Waals surface area contributed by atoms with Gasteiger partial charge in [0.2, 0.25) is 23.0 Å². The van der Waals surface area contributed by atoms with Crippen molar-refractivity contribution in [3.8, 4) is 0 Å². The van der Waals surface area contributed by atoms with E-state index in [9.17, 15) is 24.0 Å². The molecule has 4 aliphatic rings. The highest BCUT2D eigenvalue weighted by Gasteiger charge is 2.54. The van der Waals surface area contributed by atoms with Crippen molar-refractivity contribution in [3.63, 3.8) is 0 Å². The molecule has 0 radical (unpaired) electrons. The number of benzene rings is 5. The highest BCUT2D eigenvalue weighted by Crippen LogP contribution is 2.43. The number of nitrogens with zero attached hydrogens (tertiary/aromatic N) is 6. The Morgan fingerprint density at radius 3 is 1.87 bits per heavy atom. The molecule has 1 aromatic heterocycles. The van der Waals surface area contributed by atoms with Gasteiger partial charge in [0.25, 0.3) is 11.8 Å². The van der Waals surface area contributed by atoms with Gasteiger partial charge in [-0.25, -0.2) is 9.59 Å². The number of amides is 4. The predicted octanol–water partition coefficient (Wildman–Crippen LogP) is 8.08. The Labute approximate surface area is 438 Å². The lowest BCUT2D eigenvalue weighted by Gasteiger charge is -2.50. The van der Waals surface area contributed by atoms with Crippen LogP contribution in [0, 0.1) is 0 Å². The highest BCUT2D eigenvalue weighted by molar-refractivity contribution is 7.09. The second kappa shape index (κ2) is 21.2. The molecule has 4 aliphatic heterocycles. The molecule has 3 unspecified atom stereocenters. The van der Waals surface area contributed by atoms with Crippen molar-refractivity contribution in [1.82, 2.24) is 29.4 Å². The van der Waals surface area contributed by atoms with Gasteiger partial charge >= 0.3 is 12.1 Å². The van der Waals surface area contributed by atoms with Gasteiger partial charge < -0.3 is 35.2 Å². The summed E-state index contributed by atoms with van der Waals surface area (Å²) < 4.78 is 16.4. The normalized spacial score (nSPS) is 19.5. The summed E-state index contributed by atoms with van der Waals surface area (Å²) in [5.41, 5.74) is 8.23. The Morgan fingerprint density at radius 2 is 1.33 bits per heavy atom. The number of fused-ring (bicyclic) bond motifs is 1. The highest BCUT2D eigenvalue weighted by atomic mass is 32.1. The van der Waals surface area contributed by atoms with Crippen molar-refractivity contribution >= 4 is 52.2 Å². The third-order valence-corrected chi connectivity index (χ3v) is 14.4. The van der Waals surface area contributed by atoms with Gasteiger partial charge in [0.1, 0.15) is 17.3 Å². The number of nitrogen functional groups attached to an aromatic ring is 1. The maximum Gasteiger partial charge on any atom is 0.410 e. The summed E-state index contributed by atoms with van der Waals surface area (Å²) in [5, 5.41) is 7.55. The van der Waals surface area contributed by atoms with E-state index in [0.717, 1.165) is 28.2 Å². The lowest BCUT2D eigenvalue weighted by atomic mass is 9.80. The second-order valence-electron chi connectivity index (χ2n) is 19.8. The first-order valence-electron chi connectivity index (χ1n) is 25.0. The number of β-lactam (4-membered cyclic amide) rings is 1. The molecule has 5 aromatic carbocycles. The van der Waals surface area contributed by atoms with Crippen molar-refractivity contribution < 1.29 is 38.3 Å². The number of aromatic nitrogens is 2. The van der Waals surface area contributed by atoms with Crippen LogP contribution >= 0.6 is 11.5 Å². The van der Waals surface area contributed by atoms with E-state index in [4.69, 9.17) is 20.0 Å². The van der Waals surface area contributed by atoms with Crippen LogP contribution in [0.2, 0.25) is 0 Å². The number of allylic oxidation sites excluding steroid dienone is 2. The van der Waals surface area contributed by atoms with E-state index in [1.807, 2.05) is 172 Å². The smallest absolute Gasteiger partial charge is 0.410 e. The zero-order valence-electron chi connectivity index (χ0n) is 41.7. The molecule has 3 saturated heterocycles. The molecule has 17 heteroatoms. The topological polar surface area (TPSA) is 199 Å². The molecule has 0 aliphatic carbocycles. The number of carbonyl (C=O) groups excluding carboxylic acids is 5. The second-order valence-corrected chi connectivity index (χ2v) is 20.6. The van der Waals surface area contributed by atoms with Gasteiger partial charge in [-0.2, -0.15) is 9.36 Å². The average molecular weight is 1030 g/mol. The van der Waals surface area contributed by atoms with Gasteiger partial charge in [-0.05, 0) is 69.2 Å². The molecule has 0 spiro atoms. The van der Waals surface area contributed by atoms with Gasteiger partial charge in [-0.1, -0.05) is 157 Å². The van der Waals surface area contributed by atoms with Crippen molar-refractivity contribution in [2.45, 2.75) is 81.9 Å². The molecule has 3 N–H and O–H groups in total. The summed E-state index contributed by atoms with van der Waals surface area (Å²) in [6.07, 6.45) is 2.01. The Kier molecular flexibility index (Phi) is 14.2. The number of rotatable bonds is 14. The Morgan fingerprint density at radius 1 is 0.773 bits per heavy atom. The van der Waals surface area contributed by atoms with E-state index >= 15 is 0 Å². The molecular formula is C58H56N8O8S. The summed E-state index contributed by atoms with van der Waals surface area (Å²) in [4.78, 5) is 87.5. The number of anilines is 1. The fraction of sp³-hybridized carbons (Fsp3) is 0.276. The van der Waals surface area contributed by atoms with Gasteiger partial charge in [-0.15, -0.1) is 0 Å². The number of likely N-dealkylation sites (tertiary alicyclic amines) is 2. The zero-order valence-corrected chi connectivity index (χ0v) is 42.5. The summed E-state index contributed by atoms with van der Waals surface area (Å²) in [6.45, 7) is 6.65. The third-order valence-electron chi connectivity index (χ3n) is 13.8. The molecule has 10 rings (SSSR count). The monoisotopic (exact) mass is 1020 g/mol. The van der Waals surface area contributed by atoms with Crippen molar-refractivity contribution in [3.05, 3.63) is 208 Å². The Balaban J connectivity index is 0.969. The van der Waals surface area contributed by atoms with E-state index in [1.54, 1.807) is 15.9 Å². The van der Waals surface area contributed by atoms with Crippen LogP contribution in [0.3, 0.4) is 0 Å². The fourth-order valence-electron chi connectivity index (χ4n) is 10.3. The number of hydrogen-bond acceptors (Lipinski definition) is 13. The van der Waals surface area contributed by atoms with E-state index in [-0.39, 0.29) is 40.7 Å². The van der Waals surface area contributed by atoms with Crippen LogP contribution in [-0.2, 0) is 39.1 Å². The molecular weight excluding hydrogens is 969 g/mol. The molecule has 382 valence electrons. The minimum atomic E-state index is -1.37. The van der Waals surface area contributed by atoms with Crippen molar-refractivity contribution in [1.29, 1.82) is 0 Å². The maximum absolute atomic E-state index is 15.0. The number of oxime groups is 1. The van der Waals surface area contributed by atoms with E-state index in [0.29, 0.717) is 61.2 Å². The first kappa shape index (κ1) is 50.1. The summed E-state index contributed by atoms with van der Waals surface area (Å²) in [6, 6.07) is 45.1. The van der Waals surface area contributed by atoms with Crippen LogP contribution in [0.1, 0.15) is 86.2 Å². The van der Waals surface area contributed by atoms with Crippen molar-refractivity contribution in [2.75, 3.05) is 25.4 Å². The molecule has 6 aromatic rings. The Hall–Kier alpha value is -8.44. The fourth-order valence-corrected chi connectivity index (χ4v) is 10.7. The minimum absolute atomic E-state index is 0.0149. The number of esters is 1. The van der Waals surface area contributed by atoms with Crippen LogP contribution < -0.4 is 11.1 Å². The van der Waals surface area contributed by atoms with Crippen LogP contribution in [0.4, 0.5) is 9.93 Å². The minimum Gasteiger partial charge on any atom is -0.448 e. The molecule has 3 atom stereocenters. The van der Waals surface area contributed by atoms with Gasteiger partial charge in [0, 0.05) is 53.4 Å². The molecule has 16 nitrogen and oxygen atoms in total. The van der Waals surface area contributed by atoms with Crippen LogP contribution in [0.5, 0.6) is 0 Å². The first-order chi connectivity index (χ1) is 36.3. The van der Waals surface area contributed by atoms with Gasteiger partial charge in [0.15, 0.2) is 11.2 Å². The predicted molar refractivity (Wildman–Crippen MR) is 281 cm³/mol. The van der Waals surface area contributed by atoms with Crippen LogP contribution in [0.25, 0.3) is 0 Å². The Bertz CT molecular complexity index is 3050. The maximum atomic E-state index is 15.0. The standard InChI is InChI=1S/C58H56N8O8S/c1-57(2,3)73-56(71)64-33-32-44(36-64)65-34-31-40(52(65)68)35-39-29-30-45-46(53(69)66(45)48(39)54(70)72-49(37-19-9-4-10-20-37)38-21-11-5-12-22-38)60-51(67)47(50-61-55(59)75-63-50)62-74-58(41-23-13-6-14-24-41,42-25-15-7-16-26-42)43-27-17-8-18-28-43/h4-28,35,44-46,49H,29-34,36H2,1-3H3,(H,60,67)(H2,59,61,63)/b40-35+,62-47+. The third kappa shape index (κ3) is 10.3. The molecule has 4 amide bonds. The quantitative estimate of drug-likeness (QED) is 0.0267. The van der Waals surface area contributed by atoms with Crippen LogP contribution in [0.15, 0.2) is 180 Å². The van der Waals surface area contributed by atoms with E-state index in [2.05, 4.69) is 19.8 Å². The van der Waals surface area contributed by atoms with E-state index < -0.39 is 53.3 Å². The zero-order chi connectivity index (χ0) is 52.3. The molecule has 3 fully saturated rings. The number of nitrogens with one attached hydrogen (secondary N) is 1. The lowest BCUT2D eigenvalue weighted by molar-refractivity contribution is -0.158. The van der Waals surface area contributed by atoms with E-state index in [1.165, 1.54) is 4.90 Å². The number of nitrogens with two attached hydrogens (primary N) is 1. The molecule has 5 heterocycles. The van der Waals surface area contributed by atoms with Gasteiger partial charge in [-0.3, -0.25) is 19.3 Å². The first-order valence-corrected chi connectivity index (χ1v) is 25.8. The molecule has 75 heavy (non-hydrogen) atoms. The van der Waals surface area contributed by atoms with Gasteiger partial charge in [0.05, 0.1) is 12.1 Å². The summed E-state index contributed by atoms with van der Waals surface area (Å²) in [5.74, 6) is -2.47. The molecule has 0 saturated carbocycles. The number of carbonyl (C=O) groups is 5. The lowest BCUT2D eigenvalue weighted by Crippen LogP contribution is -2.72. The molecule has 0 bridgehead atoms. The largest absolute Gasteiger partial charge is 0.448 e. The average Bonchev–Trinajstić information content (AvgIpc) is 4.23. The number of hydrogen-bond donors (Lipinski definition) is 2. The van der Waals surface area contributed by atoms with Crippen LogP contribution in [-0.4, -0.2) is 103 Å². The summed E-state index contributed by atoms with van der Waals surface area (Å²) >= 11 is 0.873. The summed E-state index contributed by atoms with van der Waals surface area (Å²) in [7, 11) is 0. The SMILES string of the molecule is CC(C)(C)OC(=O)N1CCC(N2CC/C(=C\C3=C(C(=O)OC(c4ccccc4)c4ccccc4)N4C(=O)C(NC(=O)/C(=N/OC(c5ccccc5)(c5ccccc5)c5ccccc5)c5nsc(N)n5)C4CC3)C2=O)C1. The van der Waals surface area contributed by atoms with Crippen molar-refractivity contribution in [2.24, 2.45) is 5.16 Å². The number of ether oxygens (including phenoxy) is 2.